The zero-order valence-electron chi connectivity index (χ0n) is 8.60. The highest BCUT2D eigenvalue weighted by Gasteiger charge is 2.15. The van der Waals surface area contributed by atoms with Gasteiger partial charge in [-0.1, -0.05) is 6.07 Å². The van der Waals surface area contributed by atoms with Gasteiger partial charge in [-0.15, -0.1) is 0 Å². The number of hydrogen-bond donors (Lipinski definition) is 1. The molecule has 1 fully saturated rings. The maximum absolute atomic E-state index is 13.3. The van der Waals surface area contributed by atoms with Crippen molar-refractivity contribution in [3.8, 4) is 0 Å². The summed E-state index contributed by atoms with van der Waals surface area (Å²) >= 11 is 0. The lowest BCUT2D eigenvalue weighted by atomic mass is 9.91. The molecule has 0 atom stereocenters. The fourth-order valence-electron chi connectivity index (χ4n) is 2.08. The van der Waals surface area contributed by atoms with Gasteiger partial charge in [0.1, 0.15) is 11.6 Å². The first-order chi connectivity index (χ1) is 7.25. The van der Waals surface area contributed by atoms with E-state index in [4.69, 9.17) is 0 Å². The van der Waals surface area contributed by atoms with Crippen molar-refractivity contribution in [1.82, 2.24) is 5.32 Å². The summed E-state index contributed by atoms with van der Waals surface area (Å²) in [5, 5.41) is 3.27. The Bertz CT molecular complexity index is 332. The zero-order valence-corrected chi connectivity index (χ0v) is 8.60. The monoisotopic (exact) mass is 211 g/mol. The van der Waals surface area contributed by atoms with Gasteiger partial charge < -0.3 is 5.32 Å². The molecular weight excluding hydrogens is 196 g/mol. The van der Waals surface area contributed by atoms with Crippen LogP contribution < -0.4 is 5.32 Å². The molecule has 1 saturated heterocycles. The Morgan fingerprint density at radius 2 is 1.93 bits per heavy atom. The van der Waals surface area contributed by atoms with Gasteiger partial charge in [0.15, 0.2) is 0 Å². The number of halogens is 2. The van der Waals surface area contributed by atoms with Gasteiger partial charge in [-0.05, 0) is 49.9 Å². The van der Waals surface area contributed by atoms with Crippen LogP contribution in [0.1, 0.15) is 18.4 Å². The minimum absolute atomic E-state index is 0.409. The molecular formula is C12H15F2N. The Balaban J connectivity index is 2.03. The van der Waals surface area contributed by atoms with Crippen LogP contribution in [0.5, 0.6) is 0 Å². The lowest BCUT2D eigenvalue weighted by molar-refractivity contribution is 0.368. The molecule has 0 spiro atoms. The highest BCUT2D eigenvalue weighted by Crippen LogP contribution is 2.20. The Morgan fingerprint density at radius 1 is 1.20 bits per heavy atom. The highest BCUT2D eigenvalue weighted by atomic mass is 19.1. The summed E-state index contributed by atoms with van der Waals surface area (Å²) in [6.45, 7) is 2.01. The molecule has 0 amide bonds. The third-order valence-corrected chi connectivity index (χ3v) is 2.98. The molecule has 1 aliphatic rings. The summed E-state index contributed by atoms with van der Waals surface area (Å²) in [5.41, 5.74) is 0.642. The molecule has 1 aromatic carbocycles. The van der Waals surface area contributed by atoms with Crippen LogP contribution in [0.3, 0.4) is 0 Å². The molecule has 0 aromatic heterocycles. The van der Waals surface area contributed by atoms with E-state index in [1.807, 2.05) is 0 Å². The minimum atomic E-state index is -0.499. The highest BCUT2D eigenvalue weighted by molar-refractivity contribution is 5.19. The first-order valence-corrected chi connectivity index (χ1v) is 5.40. The molecule has 0 radical (unpaired) electrons. The van der Waals surface area contributed by atoms with Crippen molar-refractivity contribution in [2.24, 2.45) is 5.92 Å². The van der Waals surface area contributed by atoms with Crippen molar-refractivity contribution in [2.75, 3.05) is 13.1 Å². The molecule has 82 valence electrons. The zero-order chi connectivity index (χ0) is 10.7. The predicted octanol–water partition coefficient (Wildman–Crippen LogP) is 2.51. The van der Waals surface area contributed by atoms with Crippen LogP contribution in [-0.4, -0.2) is 13.1 Å². The Labute approximate surface area is 88.5 Å². The van der Waals surface area contributed by atoms with Crippen molar-refractivity contribution < 1.29 is 8.78 Å². The smallest absolute Gasteiger partial charge is 0.129 e. The van der Waals surface area contributed by atoms with Crippen molar-refractivity contribution >= 4 is 0 Å². The number of hydrogen-bond acceptors (Lipinski definition) is 1. The van der Waals surface area contributed by atoms with E-state index in [2.05, 4.69) is 5.32 Å². The summed E-state index contributed by atoms with van der Waals surface area (Å²) < 4.78 is 26.0. The van der Waals surface area contributed by atoms with Gasteiger partial charge in [0.25, 0.3) is 0 Å². The quantitative estimate of drug-likeness (QED) is 0.792. The normalized spacial score (nSPS) is 18.0. The summed E-state index contributed by atoms with van der Waals surface area (Å²) in [5.74, 6) is -0.374. The van der Waals surface area contributed by atoms with Crippen LogP contribution in [-0.2, 0) is 6.42 Å². The van der Waals surface area contributed by atoms with E-state index in [-0.39, 0.29) is 0 Å². The maximum Gasteiger partial charge on any atom is 0.129 e. The summed E-state index contributed by atoms with van der Waals surface area (Å²) in [4.78, 5) is 0. The van der Waals surface area contributed by atoms with E-state index in [1.165, 1.54) is 6.07 Å². The second-order valence-corrected chi connectivity index (χ2v) is 4.13. The average Bonchev–Trinajstić information content (AvgIpc) is 2.24. The van der Waals surface area contributed by atoms with Crippen LogP contribution in [0.2, 0.25) is 0 Å². The standard InChI is InChI=1S/C12H15F2N/c13-11-2-1-10(12(14)8-11)7-9-3-5-15-6-4-9/h1-2,8-9,15H,3-7H2. The molecule has 1 aromatic rings. The molecule has 1 nitrogen and oxygen atoms in total. The molecule has 1 heterocycles. The molecule has 15 heavy (non-hydrogen) atoms. The molecule has 3 heteroatoms. The maximum atomic E-state index is 13.3. The largest absolute Gasteiger partial charge is 0.317 e. The van der Waals surface area contributed by atoms with Gasteiger partial charge in [0, 0.05) is 6.07 Å². The fraction of sp³-hybridized carbons (Fsp3) is 0.500. The molecule has 0 saturated carbocycles. The van der Waals surface area contributed by atoms with Crippen LogP contribution in [0.15, 0.2) is 18.2 Å². The lowest BCUT2D eigenvalue weighted by Gasteiger charge is -2.22. The third kappa shape index (κ3) is 2.75. The number of benzene rings is 1. The van der Waals surface area contributed by atoms with Crippen LogP contribution >= 0.6 is 0 Å². The second-order valence-electron chi connectivity index (χ2n) is 4.13. The molecule has 0 unspecified atom stereocenters. The minimum Gasteiger partial charge on any atom is -0.317 e. The van der Waals surface area contributed by atoms with E-state index in [9.17, 15) is 8.78 Å². The first kappa shape index (κ1) is 10.6. The Kier molecular flexibility index (Phi) is 3.31. The third-order valence-electron chi connectivity index (χ3n) is 2.98. The number of rotatable bonds is 2. The molecule has 0 bridgehead atoms. The van der Waals surface area contributed by atoms with Crippen molar-refractivity contribution in [2.45, 2.75) is 19.3 Å². The van der Waals surface area contributed by atoms with E-state index in [0.717, 1.165) is 38.4 Å². The van der Waals surface area contributed by atoms with Gasteiger partial charge >= 0.3 is 0 Å². The van der Waals surface area contributed by atoms with E-state index >= 15 is 0 Å². The average molecular weight is 211 g/mol. The van der Waals surface area contributed by atoms with E-state index in [1.54, 1.807) is 6.07 Å². The van der Waals surface area contributed by atoms with E-state index in [0.29, 0.717) is 11.5 Å². The topological polar surface area (TPSA) is 12.0 Å². The first-order valence-electron chi connectivity index (χ1n) is 5.40. The predicted molar refractivity (Wildman–Crippen MR) is 55.7 cm³/mol. The van der Waals surface area contributed by atoms with E-state index < -0.39 is 11.6 Å². The molecule has 1 aliphatic heterocycles. The van der Waals surface area contributed by atoms with Gasteiger partial charge in [-0.2, -0.15) is 0 Å². The van der Waals surface area contributed by atoms with Crippen molar-refractivity contribution in [3.05, 3.63) is 35.4 Å². The Morgan fingerprint density at radius 3 is 2.60 bits per heavy atom. The number of piperidine rings is 1. The summed E-state index contributed by atoms with van der Waals surface area (Å²) in [7, 11) is 0. The molecule has 2 rings (SSSR count). The Hall–Kier alpha value is -0.960. The molecule has 1 N–H and O–H groups in total. The molecule has 0 aliphatic carbocycles. The second kappa shape index (κ2) is 4.71. The van der Waals surface area contributed by atoms with Crippen LogP contribution in [0.4, 0.5) is 8.78 Å². The summed E-state index contributed by atoms with van der Waals surface area (Å²) in [6, 6.07) is 3.86. The van der Waals surface area contributed by atoms with Crippen LogP contribution in [0.25, 0.3) is 0 Å². The fourth-order valence-corrected chi connectivity index (χ4v) is 2.08. The van der Waals surface area contributed by atoms with Crippen LogP contribution in [0, 0.1) is 17.6 Å². The van der Waals surface area contributed by atoms with Gasteiger partial charge in [-0.25, -0.2) is 8.78 Å². The summed E-state index contributed by atoms with van der Waals surface area (Å²) in [6.07, 6.45) is 2.89. The van der Waals surface area contributed by atoms with Crippen molar-refractivity contribution in [1.29, 1.82) is 0 Å². The lowest BCUT2D eigenvalue weighted by Crippen LogP contribution is -2.28. The van der Waals surface area contributed by atoms with Gasteiger partial charge in [0.05, 0.1) is 0 Å². The van der Waals surface area contributed by atoms with Crippen molar-refractivity contribution in [3.63, 3.8) is 0 Å². The SMILES string of the molecule is Fc1ccc(CC2CCNCC2)c(F)c1. The van der Waals surface area contributed by atoms with Gasteiger partial charge in [-0.3, -0.25) is 0 Å². The number of nitrogens with one attached hydrogen (secondary N) is 1. The van der Waals surface area contributed by atoms with Gasteiger partial charge in [0.2, 0.25) is 0 Å².